The minimum absolute atomic E-state index is 0.0694. The second-order valence-corrected chi connectivity index (χ2v) is 9.02. The first-order valence-electron chi connectivity index (χ1n) is 6.78. The largest absolute Gasteiger partial charge is 0.464 e. The first kappa shape index (κ1) is 19.4. The van der Waals surface area contributed by atoms with E-state index in [1.165, 1.54) is 0 Å². The Labute approximate surface area is 122 Å². The number of rotatable bonds is 5. The van der Waals surface area contributed by atoms with E-state index in [0.29, 0.717) is 0 Å². The number of esters is 1. The van der Waals surface area contributed by atoms with Gasteiger partial charge in [-0.05, 0) is 16.7 Å². The Hall–Kier alpha value is -0.620. The van der Waals surface area contributed by atoms with Gasteiger partial charge in [-0.1, -0.05) is 48.5 Å². The SMILES string of the molecule is CC(C(C(=O)OCCS(=O)(=O)O)C(C)(C)C)C(C)(C)C. The van der Waals surface area contributed by atoms with E-state index < -0.39 is 21.8 Å². The van der Waals surface area contributed by atoms with Crippen molar-refractivity contribution in [3.8, 4) is 0 Å². The molecule has 0 amide bonds. The molecule has 0 saturated heterocycles. The van der Waals surface area contributed by atoms with Crippen molar-refractivity contribution in [3.63, 3.8) is 0 Å². The molecule has 0 rings (SSSR count). The van der Waals surface area contributed by atoms with E-state index in [9.17, 15) is 13.2 Å². The molecule has 6 heteroatoms. The summed E-state index contributed by atoms with van der Waals surface area (Å²) in [6.45, 7) is 13.7. The van der Waals surface area contributed by atoms with Gasteiger partial charge in [0.15, 0.2) is 0 Å². The number of ether oxygens (including phenoxy) is 1. The van der Waals surface area contributed by atoms with Crippen molar-refractivity contribution in [3.05, 3.63) is 0 Å². The van der Waals surface area contributed by atoms with Gasteiger partial charge in [-0.3, -0.25) is 9.35 Å². The maximum Gasteiger partial charge on any atom is 0.309 e. The second-order valence-electron chi connectivity index (χ2n) is 7.45. The van der Waals surface area contributed by atoms with Gasteiger partial charge < -0.3 is 4.74 Å². The van der Waals surface area contributed by atoms with Crippen molar-refractivity contribution >= 4 is 16.1 Å². The highest BCUT2D eigenvalue weighted by Crippen LogP contribution is 2.41. The Morgan fingerprint density at radius 2 is 1.55 bits per heavy atom. The monoisotopic (exact) mass is 308 g/mol. The van der Waals surface area contributed by atoms with Crippen LogP contribution in [-0.4, -0.2) is 31.3 Å². The zero-order valence-electron chi connectivity index (χ0n) is 13.6. The fourth-order valence-corrected chi connectivity index (χ4v) is 2.44. The zero-order chi connectivity index (χ0) is 16.4. The molecule has 0 fully saturated rings. The highest BCUT2D eigenvalue weighted by Gasteiger charge is 2.41. The molecule has 2 unspecified atom stereocenters. The summed E-state index contributed by atoms with van der Waals surface area (Å²) in [5, 5.41) is 0. The molecule has 0 aromatic rings. The molecule has 0 spiro atoms. The Morgan fingerprint density at radius 3 is 1.85 bits per heavy atom. The zero-order valence-corrected chi connectivity index (χ0v) is 14.4. The minimum Gasteiger partial charge on any atom is -0.464 e. The maximum absolute atomic E-state index is 12.3. The summed E-state index contributed by atoms with van der Waals surface area (Å²) in [6, 6.07) is 0. The standard InChI is InChI=1S/C14H28O5S/c1-10(13(2,3)4)11(14(5,6)7)12(15)19-8-9-20(16,17)18/h10-11H,8-9H2,1-7H3,(H,16,17,18). The molecule has 0 bridgehead atoms. The van der Waals surface area contributed by atoms with Gasteiger partial charge in [-0.15, -0.1) is 0 Å². The molecular formula is C14H28O5S. The normalized spacial score (nSPS) is 16.6. The van der Waals surface area contributed by atoms with E-state index in [2.05, 4.69) is 20.8 Å². The summed E-state index contributed by atoms with van der Waals surface area (Å²) in [7, 11) is -4.11. The lowest BCUT2D eigenvalue weighted by molar-refractivity contribution is -0.156. The molecule has 0 aromatic heterocycles. The molecule has 0 saturated carbocycles. The fraction of sp³-hybridized carbons (Fsp3) is 0.929. The van der Waals surface area contributed by atoms with Crippen LogP contribution >= 0.6 is 0 Å². The van der Waals surface area contributed by atoms with Crippen molar-refractivity contribution < 1.29 is 22.5 Å². The molecule has 0 radical (unpaired) electrons. The summed E-state index contributed by atoms with van der Waals surface area (Å²) in [5.41, 5.74) is -0.359. The van der Waals surface area contributed by atoms with Gasteiger partial charge in [0.05, 0.1) is 5.92 Å². The first-order valence-corrected chi connectivity index (χ1v) is 8.39. The van der Waals surface area contributed by atoms with E-state index in [1.807, 2.05) is 27.7 Å². The summed E-state index contributed by atoms with van der Waals surface area (Å²) in [4.78, 5) is 12.3. The van der Waals surface area contributed by atoms with Crippen LogP contribution in [0.1, 0.15) is 48.5 Å². The van der Waals surface area contributed by atoms with Crippen LogP contribution in [0.15, 0.2) is 0 Å². The third kappa shape index (κ3) is 6.70. The fourth-order valence-electron chi connectivity index (χ4n) is 2.15. The van der Waals surface area contributed by atoms with Crippen LogP contribution in [0.4, 0.5) is 0 Å². The van der Waals surface area contributed by atoms with E-state index in [0.717, 1.165) is 0 Å². The van der Waals surface area contributed by atoms with E-state index in [1.54, 1.807) is 0 Å². The van der Waals surface area contributed by atoms with Crippen molar-refractivity contribution in [2.45, 2.75) is 48.5 Å². The highest BCUT2D eigenvalue weighted by molar-refractivity contribution is 7.85. The van der Waals surface area contributed by atoms with Crippen molar-refractivity contribution in [2.24, 2.45) is 22.7 Å². The molecule has 20 heavy (non-hydrogen) atoms. The summed E-state index contributed by atoms with van der Waals surface area (Å²) in [6.07, 6.45) is 0. The quantitative estimate of drug-likeness (QED) is 0.624. The van der Waals surface area contributed by atoms with Crippen molar-refractivity contribution in [1.82, 2.24) is 0 Å². The summed E-state index contributed by atoms with van der Waals surface area (Å²) >= 11 is 0. The summed E-state index contributed by atoms with van der Waals surface area (Å²) < 4.78 is 35.0. The van der Waals surface area contributed by atoms with Crippen LogP contribution in [0.5, 0.6) is 0 Å². The lowest BCUT2D eigenvalue weighted by Crippen LogP contribution is -2.40. The molecule has 0 aromatic carbocycles. The van der Waals surface area contributed by atoms with E-state index >= 15 is 0 Å². The average Bonchev–Trinajstić information content (AvgIpc) is 2.11. The van der Waals surface area contributed by atoms with Crippen LogP contribution in [0.25, 0.3) is 0 Å². The molecule has 0 aliphatic heterocycles. The minimum atomic E-state index is -4.11. The maximum atomic E-state index is 12.3. The van der Waals surface area contributed by atoms with Gasteiger partial charge in [0, 0.05) is 0 Å². The molecule has 0 heterocycles. The van der Waals surface area contributed by atoms with Gasteiger partial charge in [0.1, 0.15) is 12.4 Å². The van der Waals surface area contributed by atoms with E-state index in [-0.39, 0.29) is 29.3 Å². The van der Waals surface area contributed by atoms with Gasteiger partial charge in [-0.2, -0.15) is 8.42 Å². The molecule has 0 aliphatic carbocycles. The lowest BCUT2D eigenvalue weighted by Gasteiger charge is -2.40. The van der Waals surface area contributed by atoms with Crippen molar-refractivity contribution in [1.29, 1.82) is 0 Å². The number of hydrogen-bond donors (Lipinski definition) is 1. The average molecular weight is 308 g/mol. The highest BCUT2D eigenvalue weighted by atomic mass is 32.2. The van der Waals surface area contributed by atoms with Crippen LogP contribution in [0.3, 0.4) is 0 Å². The Morgan fingerprint density at radius 1 is 1.10 bits per heavy atom. The number of hydrogen-bond acceptors (Lipinski definition) is 4. The van der Waals surface area contributed by atoms with Crippen molar-refractivity contribution in [2.75, 3.05) is 12.4 Å². The Kier molecular flexibility index (Phi) is 6.23. The third-order valence-corrected chi connectivity index (χ3v) is 4.32. The van der Waals surface area contributed by atoms with Crippen LogP contribution in [-0.2, 0) is 19.6 Å². The van der Waals surface area contributed by atoms with Gasteiger partial charge >= 0.3 is 5.97 Å². The Balaban J connectivity index is 4.95. The smallest absolute Gasteiger partial charge is 0.309 e. The molecule has 5 nitrogen and oxygen atoms in total. The molecule has 120 valence electrons. The molecule has 2 atom stereocenters. The molecule has 1 N–H and O–H groups in total. The predicted octanol–water partition coefficient (Wildman–Crippen LogP) is 2.76. The van der Waals surface area contributed by atoms with Crippen LogP contribution in [0.2, 0.25) is 0 Å². The van der Waals surface area contributed by atoms with Crippen LogP contribution < -0.4 is 0 Å². The van der Waals surface area contributed by atoms with Crippen LogP contribution in [0, 0.1) is 22.7 Å². The molecular weight excluding hydrogens is 280 g/mol. The first-order chi connectivity index (χ1) is 8.66. The van der Waals surface area contributed by atoms with Gasteiger partial charge in [-0.25, -0.2) is 0 Å². The van der Waals surface area contributed by atoms with Gasteiger partial charge in [0.2, 0.25) is 0 Å². The predicted molar refractivity (Wildman–Crippen MR) is 78.9 cm³/mol. The summed E-state index contributed by atoms with van der Waals surface area (Å²) in [5.74, 6) is -1.26. The Bertz CT molecular complexity index is 425. The lowest BCUT2D eigenvalue weighted by atomic mass is 9.65. The van der Waals surface area contributed by atoms with Gasteiger partial charge in [0.25, 0.3) is 10.1 Å². The second kappa shape index (κ2) is 6.43. The molecule has 0 aliphatic rings. The number of carbonyl (C=O) groups excluding carboxylic acids is 1. The third-order valence-electron chi connectivity index (χ3n) is 3.64. The van der Waals surface area contributed by atoms with E-state index in [4.69, 9.17) is 9.29 Å². The topological polar surface area (TPSA) is 80.7 Å². The number of carbonyl (C=O) groups is 1.